The number of nitrogens with zero attached hydrogens (tertiary/aromatic N) is 1. The van der Waals surface area contributed by atoms with Gasteiger partial charge in [0, 0.05) is 6.54 Å². The lowest BCUT2D eigenvalue weighted by atomic mass is 10.0. The Kier molecular flexibility index (Phi) is 9.64. The molecular weight excluding hydrogens is 430 g/mol. The van der Waals surface area contributed by atoms with Crippen molar-refractivity contribution in [3.05, 3.63) is 71.8 Å². The zero-order valence-electron chi connectivity index (χ0n) is 20.0. The Bertz CT molecular complexity index is 933. The summed E-state index contributed by atoms with van der Waals surface area (Å²) < 4.78 is 5.31. The monoisotopic (exact) mass is 465 g/mol. The van der Waals surface area contributed by atoms with E-state index in [1.807, 2.05) is 60.7 Å². The van der Waals surface area contributed by atoms with Crippen LogP contribution in [0.2, 0.25) is 0 Å². The van der Waals surface area contributed by atoms with Gasteiger partial charge in [-0.3, -0.25) is 14.5 Å². The van der Waals surface area contributed by atoms with Crippen molar-refractivity contribution >= 4 is 17.8 Å². The summed E-state index contributed by atoms with van der Waals surface area (Å²) in [4.78, 5) is 40.4. The highest BCUT2D eigenvalue weighted by Crippen LogP contribution is 2.18. The topological polar surface area (TPSA) is 87.7 Å². The first-order chi connectivity index (χ1) is 16.4. The third-order valence-electron chi connectivity index (χ3n) is 5.88. The molecule has 0 spiro atoms. The molecule has 182 valence electrons. The van der Waals surface area contributed by atoms with Crippen LogP contribution in [0.25, 0.3) is 0 Å². The standard InChI is InChI=1S/C27H35N3O4/c1-20(2)18-30-15-9-14-24(30)26(32)28-17-25(31)23(16-21-10-5-3-6-11-21)29-27(33)34-19-22-12-7-4-8-13-22/h3-8,10-13,20,23-24H,9,14-19H2,1-2H3,(H,28,32)(H,29,33)/t23-,24-/m0/s1. The van der Waals surface area contributed by atoms with Gasteiger partial charge in [-0.15, -0.1) is 0 Å². The number of nitrogens with one attached hydrogen (secondary N) is 2. The van der Waals surface area contributed by atoms with Crippen molar-refractivity contribution in [1.82, 2.24) is 15.5 Å². The summed E-state index contributed by atoms with van der Waals surface area (Å²) in [5, 5.41) is 5.49. The molecule has 7 nitrogen and oxygen atoms in total. The predicted octanol–water partition coefficient (Wildman–Crippen LogP) is 3.33. The maximum atomic E-state index is 13.0. The molecule has 2 atom stereocenters. The summed E-state index contributed by atoms with van der Waals surface area (Å²) in [5.41, 5.74) is 1.77. The summed E-state index contributed by atoms with van der Waals surface area (Å²) in [5.74, 6) is 0.0790. The molecule has 0 saturated carbocycles. The number of amides is 2. The van der Waals surface area contributed by atoms with Crippen LogP contribution in [0.5, 0.6) is 0 Å². The van der Waals surface area contributed by atoms with Crippen molar-refractivity contribution in [1.29, 1.82) is 0 Å². The first kappa shape index (κ1) is 25.4. The van der Waals surface area contributed by atoms with Gasteiger partial charge < -0.3 is 15.4 Å². The number of carbonyl (C=O) groups excluding carboxylic acids is 3. The quantitative estimate of drug-likeness (QED) is 0.532. The number of carbonyl (C=O) groups is 3. The molecule has 1 aliphatic heterocycles. The average Bonchev–Trinajstić information content (AvgIpc) is 3.29. The summed E-state index contributed by atoms with van der Waals surface area (Å²) in [7, 11) is 0. The summed E-state index contributed by atoms with van der Waals surface area (Å²) in [6.45, 7) is 6.00. The van der Waals surface area contributed by atoms with E-state index in [2.05, 4.69) is 29.4 Å². The van der Waals surface area contributed by atoms with Crippen LogP contribution in [-0.2, 0) is 27.4 Å². The average molecular weight is 466 g/mol. The van der Waals surface area contributed by atoms with Gasteiger partial charge in [0.15, 0.2) is 5.78 Å². The molecule has 0 radical (unpaired) electrons. The van der Waals surface area contributed by atoms with E-state index in [4.69, 9.17) is 4.74 Å². The van der Waals surface area contributed by atoms with E-state index in [1.54, 1.807) is 0 Å². The van der Waals surface area contributed by atoms with Crippen LogP contribution in [-0.4, -0.2) is 54.4 Å². The fourth-order valence-electron chi connectivity index (χ4n) is 4.23. The number of hydrogen-bond donors (Lipinski definition) is 2. The Labute approximate surface area is 201 Å². The van der Waals surface area contributed by atoms with Crippen molar-refractivity contribution in [2.45, 2.75) is 51.8 Å². The fraction of sp³-hybridized carbons (Fsp3) is 0.444. The van der Waals surface area contributed by atoms with E-state index in [1.165, 1.54) is 0 Å². The van der Waals surface area contributed by atoms with Crippen molar-refractivity contribution in [2.24, 2.45) is 5.92 Å². The van der Waals surface area contributed by atoms with Crippen molar-refractivity contribution in [3.8, 4) is 0 Å². The molecule has 0 aliphatic carbocycles. The number of ketones is 1. The number of Topliss-reactive ketones (excluding diaryl/α,β-unsaturated/α-hetero) is 1. The van der Waals surface area contributed by atoms with E-state index in [0.717, 1.165) is 37.1 Å². The minimum Gasteiger partial charge on any atom is -0.445 e. The summed E-state index contributed by atoms with van der Waals surface area (Å²) >= 11 is 0. The lowest BCUT2D eigenvalue weighted by Gasteiger charge is -2.25. The summed E-state index contributed by atoms with van der Waals surface area (Å²) in [6.07, 6.45) is 1.43. The first-order valence-electron chi connectivity index (χ1n) is 12.0. The second-order valence-electron chi connectivity index (χ2n) is 9.18. The zero-order chi connectivity index (χ0) is 24.3. The van der Waals surface area contributed by atoms with Gasteiger partial charge in [-0.25, -0.2) is 4.79 Å². The number of likely N-dealkylation sites (tertiary alicyclic amines) is 1. The van der Waals surface area contributed by atoms with Crippen LogP contribution in [0, 0.1) is 5.92 Å². The molecule has 1 saturated heterocycles. The highest BCUT2D eigenvalue weighted by Gasteiger charge is 2.31. The molecule has 0 bridgehead atoms. The molecular formula is C27H35N3O4. The normalized spacial score (nSPS) is 16.7. The molecule has 3 rings (SSSR count). The summed E-state index contributed by atoms with van der Waals surface area (Å²) in [6, 6.07) is 17.8. The Morgan fingerprint density at radius 3 is 2.29 bits per heavy atom. The van der Waals surface area contributed by atoms with Gasteiger partial charge in [-0.1, -0.05) is 74.5 Å². The lowest BCUT2D eigenvalue weighted by molar-refractivity contribution is -0.128. The van der Waals surface area contributed by atoms with E-state index in [9.17, 15) is 14.4 Å². The van der Waals surface area contributed by atoms with Crippen molar-refractivity contribution in [3.63, 3.8) is 0 Å². The van der Waals surface area contributed by atoms with E-state index in [0.29, 0.717) is 12.3 Å². The Morgan fingerprint density at radius 2 is 1.65 bits per heavy atom. The molecule has 1 fully saturated rings. The zero-order valence-corrected chi connectivity index (χ0v) is 20.0. The minimum absolute atomic E-state index is 0.114. The predicted molar refractivity (Wildman–Crippen MR) is 131 cm³/mol. The molecule has 2 N–H and O–H groups in total. The van der Waals surface area contributed by atoms with Gasteiger partial charge in [0.1, 0.15) is 6.61 Å². The van der Waals surface area contributed by atoms with Crippen LogP contribution < -0.4 is 10.6 Å². The molecule has 34 heavy (non-hydrogen) atoms. The van der Waals surface area contributed by atoms with Crippen LogP contribution >= 0.6 is 0 Å². The van der Waals surface area contributed by atoms with Crippen LogP contribution in [0.4, 0.5) is 4.79 Å². The Morgan fingerprint density at radius 1 is 1.00 bits per heavy atom. The smallest absolute Gasteiger partial charge is 0.408 e. The molecule has 2 aromatic rings. The van der Waals surface area contributed by atoms with Gasteiger partial charge in [0.05, 0.1) is 18.6 Å². The number of benzene rings is 2. The van der Waals surface area contributed by atoms with Crippen LogP contribution in [0.3, 0.4) is 0 Å². The fourth-order valence-corrected chi connectivity index (χ4v) is 4.23. The van der Waals surface area contributed by atoms with Gasteiger partial charge >= 0.3 is 6.09 Å². The molecule has 0 unspecified atom stereocenters. The molecule has 2 aromatic carbocycles. The minimum atomic E-state index is -0.804. The molecule has 2 amide bonds. The van der Waals surface area contributed by atoms with Crippen molar-refractivity contribution in [2.75, 3.05) is 19.6 Å². The second-order valence-corrected chi connectivity index (χ2v) is 9.18. The Balaban J connectivity index is 1.57. The highest BCUT2D eigenvalue weighted by atomic mass is 16.5. The van der Waals surface area contributed by atoms with Gasteiger partial charge in [0.2, 0.25) is 5.91 Å². The molecule has 7 heteroatoms. The van der Waals surface area contributed by atoms with E-state index < -0.39 is 12.1 Å². The van der Waals surface area contributed by atoms with Gasteiger partial charge in [-0.05, 0) is 42.9 Å². The first-order valence-corrected chi connectivity index (χ1v) is 12.0. The SMILES string of the molecule is CC(C)CN1CCC[C@H]1C(=O)NCC(=O)[C@H](Cc1ccccc1)NC(=O)OCc1ccccc1. The number of ether oxygens (including phenoxy) is 1. The third kappa shape index (κ3) is 7.99. The number of rotatable bonds is 11. The van der Waals surface area contributed by atoms with E-state index in [-0.39, 0.29) is 30.9 Å². The van der Waals surface area contributed by atoms with Crippen LogP contribution in [0.15, 0.2) is 60.7 Å². The van der Waals surface area contributed by atoms with Crippen LogP contribution in [0.1, 0.15) is 37.8 Å². The van der Waals surface area contributed by atoms with E-state index >= 15 is 0 Å². The molecule has 1 heterocycles. The number of alkyl carbamates (subject to hydrolysis) is 1. The molecule has 1 aliphatic rings. The second kappa shape index (κ2) is 12.9. The Hall–Kier alpha value is -3.19. The highest BCUT2D eigenvalue weighted by molar-refractivity contribution is 5.93. The van der Waals surface area contributed by atoms with Gasteiger partial charge in [0.25, 0.3) is 0 Å². The third-order valence-corrected chi connectivity index (χ3v) is 5.88. The maximum Gasteiger partial charge on any atom is 0.408 e. The molecule has 0 aromatic heterocycles. The maximum absolute atomic E-state index is 13.0. The number of hydrogen-bond acceptors (Lipinski definition) is 5. The lowest BCUT2D eigenvalue weighted by Crippen LogP contribution is -2.50. The van der Waals surface area contributed by atoms with Crippen molar-refractivity contribution < 1.29 is 19.1 Å². The van der Waals surface area contributed by atoms with Gasteiger partial charge in [-0.2, -0.15) is 0 Å². The largest absolute Gasteiger partial charge is 0.445 e.